The van der Waals surface area contributed by atoms with Gasteiger partial charge in [0.05, 0.1) is 21.3 Å². The van der Waals surface area contributed by atoms with Crippen molar-refractivity contribution in [1.29, 1.82) is 0 Å². The summed E-state index contributed by atoms with van der Waals surface area (Å²) in [5.41, 5.74) is 2.29. The number of aliphatic carboxylic acids is 2. The van der Waals surface area contributed by atoms with Gasteiger partial charge in [0.2, 0.25) is 0 Å². The summed E-state index contributed by atoms with van der Waals surface area (Å²) in [5.74, 6) is -1.01. The SMILES string of the molecule is COc1ccc(OC)c(CNCCc2ccccc2OC)c1.O=C(O)C(=O)O. The van der Waals surface area contributed by atoms with Crippen LogP contribution in [0.1, 0.15) is 11.1 Å². The van der Waals surface area contributed by atoms with E-state index in [9.17, 15) is 0 Å². The molecule has 2 aromatic carbocycles. The van der Waals surface area contributed by atoms with Crippen LogP contribution < -0.4 is 19.5 Å². The summed E-state index contributed by atoms with van der Waals surface area (Å²) in [4.78, 5) is 18.2. The van der Waals surface area contributed by atoms with E-state index in [0.29, 0.717) is 0 Å². The summed E-state index contributed by atoms with van der Waals surface area (Å²) in [7, 11) is 5.05. The second-order valence-corrected chi connectivity index (χ2v) is 5.53. The molecular weight excluding hydrogens is 366 g/mol. The van der Waals surface area contributed by atoms with Crippen LogP contribution in [-0.2, 0) is 22.6 Å². The Bertz CT molecular complexity index is 765. The predicted octanol–water partition coefficient (Wildman–Crippen LogP) is 2.20. The Morgan fingerprint density at radius 3 is 2.04 bits per heavy atom. The molecule has 152 valence electrons. The minimum atomic E-state index is -1.82. The van der Waals surface area contributed by atoms with Crippen molar-refractivity contribution in [3.8, 4) is 17.2 Å². The van der Waals surface area contributed by atoms with Crippen LogP contribution in [0.5, 0.6) is 17.2 Å². The van der Waals surface area contributed by atoms with E-state index in [1.807, 2.05) is 36.4 Å². The van der Waals surface area contributed by atoms with Crippen molar-refractivity contribution in [3.63, 3.8) is 0 Å². The third-order valence-electron chi connectivity index (χ3n) is 3.75. The number of para-hydroxylation sites is 1. The number of nitrogens with one attached hydrogen (secondary N) is 1. The third-order valence-corrected chi connectivity index (χ3v) is 3.75. The lowest BCUT2D eigenvalue weighted by molar-refractivity contribution is -0.159. The lowest BCUT2D eigenvalue weighted by Crippen LogP contribution is -2.17. The molecule has 0 radical (unpaired) electrons. The Balaban J connectivity index is 0.000000568. The first-order chi connectivity index (χ1) is 13.4. The highest BCUT2D eigenvalue weighted by atomic mass is 16.5. The molecule has 0 spiro atoms. The smallest absolute Gasteiger partial charge is 0.414 e. The molecule has 0 unspecified atom stereocenters. The second-order valence-electron chi connectivity index (χ2n) is 5.53. The molecule has 0 amide bonds. The molecule has 8 nitrogen and oxygen atoms in total. The van der Waals surface area contributed by atoms with Crippen molar-refractivity contribution in [2.75, 3.05) is 27.9 Å². The standard InChI is InChI=1S/C18H23NO3.C2H2O4/c1-20-16-8-9-18(22-3)15(12-16)13-19-11-10-14-6-4-5-7-17(14)21-2;3-1(4)2(5)6/h4-9,12,19H,10-11,13H2,1-3H3;(H,3,4)(H,5,6). The molecule has 3 N–H and O–H groups in total. The van der Waals surface area contributed by atoms with Crippen LogP contribution in [0.3, 0.4) is 0 Å². The first-order valence-electron chi connectivity index (χ1n) is 8.42. The average molecular weight is 391 g/mol. The number of carboxylic acids is 2. The molecule has 0 aliphatic heterocycles. The molecule has 2 rings (SSSR count). The van der Waals surface area contributed by atoms with Crippen molar-refractivity contribution in [2.24, 2.45) is 0 Å². The zero-order chi connectivity index (χ0) is 20.9. The van der Waals surface area contributed by atoms with Gasteiger partial charge in [0.15, 0.2) is 0 Å². The number of methoxy groups -OCH3 is 3. The first kappa shape index (κ1) is 22.8. The van der Waals surface area contributed by atoms with Crippen LogP contribution in [-0.4, -0.2) is 50.0 Å². The molecule has 0 atom stereocenters. The maximum absolute atomic E-state index is 9.10. The number of rotatable bonds is 8. The minimum Gasteiger partial charge on any atom is -0.497 e. The van der Waals surface area contributed by atoms with Gasteiger partial charge in [0.25, 0.3) is 0 Å². The van der Waals surface area contributed by atoms with E-state index in [4.69, 9.17) is 34.0 Å². The van der Waals surface area contributed by atoms with E-state index in [2.05, 4.69) is 11.4 Å². The van der Waals surface area contributed by atoms with Crippen molar-refractivity contribution < 1.29 is 34.0 Å². The number of hydrogen-bond donors (Lipinski definition) is 3. The highest BCUT2D eigenvalue weighted by Crippen LogP contribution is 2.23. The topological polar surface area (TPSA) is 114 Å². The highest BCUT2D eigenvalue weighted by Gasteiger charge is 2.06. The fraction of sp³-hybridized carbons (Fsp3) is 0.300. The zero-order valence-corrected chi connectivity index (χ0v) is 16.1. The van der Waals surface area contributed by atoms with Crippen LogP contribution in [0.2, 0.25) is 0 Å². The molecule has 0 aliphatic carbocycles. The number of hydrogen-bond acceptors (Lipinski definition) is 6. The predicted molar refractivity (Wildman–Crippen MR) is 103 cm³/mol. The number of carboxylic acid groups (broad SMARTS) is 2. The third kappa shape index (κ3) is 7.55. The molecule has 0 saturated heterocycles. The molecule has 0 bridgehead atoms. The maximum Gasteiger partial charge on any atom is 0.414 e. The molecule has 0 fully saturated rings. The molecule has 8 heteroatoms. The summed E-state index contributed by atoms with van der Waals surface area (Å²) in [6.07, 6.45) is 0.913. The Labute approximate surface area is 163 Å². The van der Waals surface area contributed by atoms with Crippen molar-refractivity contribution in [2.45, 2.75) is 13.0 Å². The van der Waals surface area contributed by atoms with Crippen LogP contribution in [0, 0.1) is 0 Å². The van der Waals surface area contributed by atoms with Gasteiger partial charge in [0, 0.05) is 12.1 Å². The summed E-state index contributed by atoms with van der Waals surface area (Å²) >= 11 is 0. The Hall–Kier alpha value is -3.26. The van der Waals surface area contributed by atoms with E-state index in [0.717, 1.165) is 42.3 Å². The van der Waals surface area contributed by atoms with Crippen LogP contribution in [0.15, 0.2) is 42.5 Å². The van der Waals surface area contributed by atoms with Crippen molar-refractivity contribution >= 4 is 11.9 Å². The molecule has 0 aliphatic rings. The quantitative estimate of drug-likeness (QED) is 0.463. The van der Waals surface area contributed by atoms with Gasteiger partial charge in [-0.05, 0) is 42.8 Å². The van der Waals surface area contributed by atoms with Gasteiger partial charge in [-0.15, -0.1) is 0 Å². The van der Waals surface area contributed by atoms with Crippen molar-refractivity contribution in [1.82, 2.24) is 5.32 Å². The van der Waals surface area contributed by atoms with Crippen LogP contribution in [0.4, 0.5) is 0 Å². The minimum absolute atomic E-state index is 0.732. The zero-order valence-electron chi connectivity index (χ0n) is 16.1. The summed E-state index contributed by atoms with van der Waals surface area (Å²) in [5, 5.41) is 18.2. The molecule has 0 aromatic heterocycles. The Kier molecular flexibility index (Phi) is 9.91. The molecule has 0 heterocycles. The van der Waals surface area contributed by atoms with Gasteiger partial charge >= 0.3 is 11.9 Å². The van der Waals surface area contributed by atoms with Gasteiger partial charge < -0.3 is 29.7 Å². The number of carbonyl (C=O) groups is 2. The van der Waals surface area contributed by atoms with Gasteiger partial charge in [-0.2, -0.15) is 0 Å². The average Bonchev–Trinajstić information content (AvgIpc) is 2.71. The van der Waals surface area contributed by atoms with Gasteiger partial charge in [-0.3, -0.25) is 0 Å². The Morgan fingerprint density at radius 2 is 1.46 bits per heavy atom. The highest BCUT2D eigenvalue weighted by molar-refractivity contribution is 6.27. The van der Waals surface area contributed by atoms with Crippen molar-refractivity contribution in [3.05, 3.63) is 53.6 Å². The van der Waals surface area contributed by atoms with Gasteiger partial charge in [-0.25, -0.2) is 9.59 Å². The van der Waals surface area contributed by atoms with E-state index in [1.165, 1.54) is 5.56 Å². The van der Waals surface area contributed by atoms with Crippen LogP contribution in [0.25, 0.3) is 0 Å². The number of ether oxygens (including phenoxy) is 3. The number of benzene rings is 2. The second kappa shape index (κ2) is 12.2. The normalized spacial score (nSPS) is 9.68. The van der Waals surface area contributed by atoms with E-state index in [1.54, 1.807) is 21.3 Å². The lowest BCUT2D eigenvalue weighted by Gasteiger charge is -2.12. The van der Waals surface area contributed by atoms with E-state index >= 15 is 0 Å². The molecule has 2 aromatic rings. The van der Waals surface area contributed by atoms with E-state index < -0.39 is 11.9 Å². The molecule has 0 saturated carbocycles. The molecular formula is C20H25NO7. The summed E-state index contributed by atoms with van der Waals surface area (Å²) in [6, 6.07) is 13.9. The first-order valence-corrected chi connectivity index (χ1v) is 8.42. The van der Waals surface area contributed by atoms with E-state index in [-0.39, 0.29) is 0 Å². The fourth-order valence-electron chi connectivity index (χ4n) is 2.38. The summed E-state index contributed by atoms with van der Waals surface area (Å²) < 4.78 is 16.0. The lowest BCUT2D eigenvalue weighted by atomic mass is 10.1. The van der Waals surface area contributed by atoms with Crippen LogP contribution >= 0.6 is 0 Å². The fourth-order valence-corrected chi connectivity index (χ4v) is 2.38. The molecule has 28 heavy (non-hydrogen) atoms. The summed E-state index contributed by atoms with van der Waals surface area (Å²) in [6.45, 7) is 1.59. The van der Waals surface area contributed by atoms with Gasteiger partial charge in [-0.1, -0.05) is 18.2 Å². The largest absolute Gasteiger partial charge is 0.497 e. The monoisotopic (exact) mass is 391 g/mol. The van der Waals surface area contributed by atoms with Gasteiger partial charge in [0.1, 0.15) is 17.2 Å². The maximum atomic E-state index is 9.10. The Morgan fingerprint density at radius 1 is 0.857 bits per heavy atom.